The second-order valence-electron chi connectivity index (χ2n) is 2.39. The average Bonchev–Trinajstić information content (AvgIpc) is 2.12. The summed E-state index contributed by atoms with van der Waals surface area (Å²) in [6.45, 7) is 0. The molecule has 0 amide bonds. The summed E-state index contributed by atoms with van der Waals surface area (Å²) in [5, 5.41) is 0.473. The largest absolute Gasteiger partial charge is 0.397 e. The summed E-state index contributed by atoms with van der Waals surface area (Å²) in [5.41, 5.74) is 7.53. The molecule has 0 aliphatic rings. The maximum Gasteiger partial charge on any atom is 0.109 e. The molecule has 0 fully saturated rings. The maximum atomic E-state index is 5.90. The summed E-state index contributed by atoms with van der Waals surface area (Å²) >= 11 is 5.90. The van der Waals surface area contributed by atoms with Crippen LogP contribution in [0.5, 0.6) is 0 Å². The van der Waals surface area contributed by atoms with Gasteiger partial charge in [0.05, 0.1) is 16.2 Å². The molecular weight excluding hydrogens is 174 g/mol. The van der Waals surface area contributed by atoms with Gasteiger partial charge in [-0.2, -0.15) is 0 Å². The molecule has 2 rings (SSSR count). The first kappa shape index (κ1) is 7.31. The van der Waals surface area contributed by atoms with Gasteiger partial charge in [-0.1, -0.05) is 11.6 Å². The molecule has 0 saturated carbocycles. The Morgan fingerprint density at radius 3 is 2.75 bits per heavy atom. The van der Waals surface area contributed by atoms with Crippen molar-refractivity contribution in [2.75, 3.05) is 5.73 Å². The monoisotopic (exact) mass is 179 g/mol. The molecule has 0 aliphatic heterocycles. The van der Waals surface area contributed by atoms with Crippen LogP contribution >= 0.6 is 11.6 Å². The van der Waals surface area contributed by atoms with Gasteiger partial charge in [-0.3, -0.25) is 9.97 Å². The maximum absolute atomic E-state index is 5.90. The molecule has 12 heavy (non-hydrogen) atoms. The molecule has 0 saturated heterocycles. The van der Waals surface area contributed by atoms with E-state index in [1.54, 1.807) is 24.5 Å². The van der Waals surface area contributed by atoms with Gasteiger partial charge < -0.3 is 5.73 Å². The number of nitrogens with two attached hydrogens (primary N) is 1. The van der Waals surface area contributed by atoms with Gasteiger partial charge in [-0.15, -0.1) is 0 Å². The Labute approximate surface area is 74.2 Å². The van der Waals surface area contributed by atoms with Crippen LogP contribution in [0.25, 0.3) is 11.0 Å². The molecule has 2 N–H and O–H groups in total. The summed E-state index contributed by atoms with van der Waals surface area (Å²) in [6, 6.07) is 3.52. The lowest BCUT2D eigenvalue weighted by molar-refractivity contribution is 1.29. The zero-order valence-electron chi connectivity index (χ0n) is 6.16. The average molecular weight is 180 g/mol. The standard InChI is InChI=1S/C8H6ClN3/c9-7-5(10)1-2-6-8(7)12-4-3-11-6/h1-4H,10H2. The van der Waals surface area contributed by atoms with E-state index in [4.69, 9.17) is 17.3 Å². The van der Waals surface area contributed by atoms with Crippen molar-refractivity contribution in [2.24, 2.45) is 0 Å². The molecule has 0 unspecified atom stereocenters. The van der Waals surface area contributed by atoms with Gasteiger partial charge in [0.25, 0.3) is 0 Å². The zero-order valence-corrected chi connectivity index (χ0v) is 6.92. The van der Waals surface area contributed by atoms with Crippen LogP contribution in [0.15, 0.2) is 24.5 Å². The van der Waals surface area contributed by atoms with Crippen molar-refractivity contribution in [2.45, 2.75) is 0 Å². The molecule has 0 aliphatic carbocycles. The first-order valence-corrected chi connectivity index (χ1v) is 3.81. The van der Waals surface area contributed by atoms with Crippen molar-refractivity contribution in [1.82, 2.24) is 9.97 Å². The van der Waals surface area contributed by atoms with E-state index >= 15 is 0 Å². The minimum absolute atomic E-state index is 0.473. The van der Waals surface area contributed by atoms with Crippen LogP contribution in [-0.4, -0.2) is 9.97 Å². The lowest BCUT2D eigenvalue weighted by Gasteiger charge is -2.00. The third-order valence-electron chi connectivity index (χ3n) is 1.61. The zero-order chi connectivity index (χ0) is 8.55. The Balaban J connectivity index is 2.91. The lowest BCUT2D eigenvalue weighted by Crippen LogP contribution is -1.89. The van der Waals surface area contributed by atoms with Crippen molar-refractivity contribution in [3.8, 4) is 0 Å². The van der Waals surface area contributed by atoms with Crippen molar-refractivity contribution >= 4 is 28.3 Å². The number of hydrogen-bond donors (Lipinski definition) is 1. The van der Waals surface area contributed by atoms with E-state index in [2.05, 4.69) is 9.97 Å². The second kappa shape index (κ2) is 2.60. The van der Waals surface area contributed by atoms with E-state index in [9.17, 15) is 0 Å². The van der Waals surface area contributed by atoms with Crippen LogP contribution in [-0.2, 0) is 0 Å². The molecule has 0 bridgehead atoms. The van der Waals surface area contributed by atoms with Gasteiger partial charge in [0.1, 0.15) is 5.52 Å². The number of benzene rings is 1. The van der Waals surface area contributed by atoms with E-state index in [1.807, 2.05) is 0 Å². The fraction of sp³-hybridized carbons (Fsp3) is 0. The van der Waals surface area contributed by atoms with Crippen LogP contribution in [0.3, 0.4) is 0 Å². The SMILES string of the molecule is Nc1ccc2nccnc2c1Cl. The summed E-state index contributed by atoms with van der Waals surface area (Å²) in [7, 11) is 0. The Morgan fingerprint density at radius 1 is 1.17 bits per heavy atom. The molecule has 1 aromatic carbocycles. The quantitative estimate of drug-likeness (QED) is 0.628. The van der Waals surface area contributed by atoms with Crippen molar-refractivity contribution in [1.29, 1.82) is 0 Å². The Morgan fingerprint density at radius 2 is 1.92 bits per heavy atom. The molecule has 0 radical (unpaired) electrons. The van der Waals surface area contributed by atoms with Crippen LogP contribution < -0.4 is 5.73 Å². The minimum atomic E-state index is 0.473. The van der Waals surface area contributed by atoms with Gasteiger partial charge in [-0.25, -0.2) is 0 Å². The highest BCUT2D eigenvalue weighted by molar-refractivity contribution is 6.37. The van der Waals surface area contributed by atoms with Crippen molar-refractivity contribution in [3.05, 3.63) is 29.5 Å². The van der Waals surface area contributed by atoms with Gasteiger partial charge in [0.15, 0.2) is 0 Å². The highest BCUT2D eigenvalue weighted by atomic mass is 35.5. The fourth-order valence-corrected chi connectivity index (χ4v) is 1.23. The number of rotatable bonds is 0. The van der Waals surface area contributed by atoms with Crippen molar-refractivity contribution < 1.29 is 0 Å². The highest BCUT2D eigenvalue weighted by Gasteiger charge is 2.02. The number of halogens is 1. The van der Waals surface area contributed by atoms with Gasteiger partial charge in [0, 0.05) is 12.4 Å². The molecule has 1 aromatic heterocycles. The normalized spacial score (nSPS) is 10.4. The van der Waals surface area contributed by atoms with Crippen LogP contribution in [0.4, 0.5) is 5.69 Å². The van der Waals surface area contributed by atoms with Gasteiger partial charge in [0.2, 0.25) is 0 Å². The Bertz CT molecular complexity index is 428. The first-order valence-electron chi connectivity index (χ1n) is 3.44. The van der Waals surface area contributed by atoms with E-state index in [1.165, 1.54) is 0 Å². The van der Waals surface area contributed by atoms with Crippen LogP contribution in [0, 0.1) is 0 Å². The second-order valence-corrected chi connectivity index (χ2v) is 2.77. The predicted molar refractivity (Wildman–Crippen MR) is 49.0 cm³/mol. The number of hydrogen-bond acceptors (Lipinski definition) is 3. The van der Waals surface area contributed by atoms with Crippen molar-refractivity contribution in [3.63, 3.8) is 0 Å². The molecule has 60 valence electrons. The summed E-state index contributed by atoms with van der Waals surface area (Å²) in [4.78, 5) is 8.15. The third kappa shape index (κ3) is 0.987. The van der Waals surface area contributed by atoms with Crippen LogP contribution in [0.1, 0.15) is 0 Å². The Hall–Kier alpha value is -1.35. The topological polar surface area (TPSA) is 51.8 Å². The smallest absolute Gasteiger partial charge is 0.109 e. The number of anilines is 1. The third-order valence-corrected chi connectivity index (χ3v) is 2.01. The molecule has 3 nitrogen and oxygen atoms in total. The number of nitrogens with zero attached hydrogens (tertiary/aromatic N) is 2. The molecular formula is C8H6ClN3. The number of nitrogen functional groups attached to an aromatic ring is 1. The van der Waals surface area contributed by atoms with E-state index < -0.39 is 0 Å². The Kier molecular flexibility index (Phi) is 1.59. The molecule has 2 aromatic rings. The minimum Gasteiger partial charge on any atom is -0.397 e. The van der Waals surface area contributed by atoms with Gasteiger partial charge >= 0.3 is 0 Å². The van der Waals surface area contributed by atoms with E-state index in [0.717, 1.165) is 5.52 Å². The number of fused-ring (bicyclic) bond motifs is 1. The van der Waals surface area contributed by atoms with E-state index in [-0.39, 0.29) is 0 Å². The molecule has 1 heterocycles. The summed E-state index contributed by atoms with van der Waals surface area (Å²) in [6.07, 6.45) is 3.21. The van der Waals surface area contributed by atoms with Crippen LogP contribution in [0.2, 0.25) is 5.02 Å². The highest BCUT2D eigenvalue weighted by Crippen LogP contribution is 2.25. The molecule has 4 heteroatoms. The first-order chi connectivity index (χ1) is 5.79. The molecule has 0 atom stereocenters. The van der Waals surface area contributed by atoms with Gasteiger partial charge in [-0.05, 0) is 12.1 Å². The summed E-state index contributed by atoms with van der Waals surface area (Å²) in [5.74, 6) is 0. The number of aromatic nitrogens is 2. The summed E-state index contributed by atoms with van der Waals surface area (Å²) < 4.78 is 0. The predicted octanol–water partition coefficient (Wildman–Crippen LogP) is 1.87. The van der Waals surface area contributed by atoms with E-state index in [0.29, 0.717) is 16.2 Å². The lowest BCUT2D eigenvalue weighted by atomic mass is 10.2. The fourth-order valence-electron chi connectivity index (χ4n) is 1.02. The molecule has 0 spiro atoms.